The van der Waals surface area contributed by atoms with E-state index in [1.807, 2.05) is 29.8 Å². The summed E-state index contributed by atoms with van der Waals surface area (Å²) in [5, 5.41) is 9.51. The van der Waals surface area contributed by atoms with Crippen molar-refractivity contribution in [2.75, 3.05) is 19.2 Å². The molecule has 2 aliphatic rings. The lowest BCUT2D eigenvalue weighted by Gasteiger charge is -2.08. The molecule has 0 aliphatic carbocycles. The smallest absolute Gasteiger partial charge is 0.231 e. The molecule has 1 unspecified atom stereocenters. The summed E-state index contributed by atoms with van der Waals surface area (Å²) in [7, 11) is 1.98. The molecule has 0 spiro atoms. The van der Waals surface area contributed by atoms with Crippen LogP contribution in [0.2, 0.25) is 0 Å². The lowest BCUT2D eigenvalue weighted by atomic mass is 10.2. The van der Waals surface area contributed by atoms with Crippen LogP contribution in [0.5, 0.6) is 11.5 Å². The van der Waals surface area contributed by atoms with Crippen molar-refractivity contribution in [1.82, 2.24) is 14.8 Å². The highest BCUT2D eigenvalue weighted by molar-refractivity contribution is 7.99. The molecule has 7 heteroatoms. The maximum absolute atomic E-state index is 5.65. The molecular weight excluding hydrogens is 302 g/mol. The van der Waals surface area contributed by atoms with Gasteiger partial charge in [0.1, 0.15) is 0 Å². The minimum absolute atomic E-state index is 0.278. The third-order valence-electron chi connectivity index (χ3n) is 3.89. The molecule has 22 heavy (non-hydrogen) atoms. The van der Waals surface area contributed by atoms with Crippen molar-refractivity contribution in [2.24, 2.45) is 7.05 Å². The average molecular weight is 319 g/mol. The number of aromatic nitrogens is 3. The van der Waals surface area contributed by atoms with Crippen molar-refractivity contribution in [3.05, 3.63) is 18.2 Å². The molecule has 116 valence electrons. The first-order chi connectivity index (χ1) is 10.8. The van der Waals surface area contributed by atoms with Crippen LogP contribution in [0.3, 0.4) is 0 Å². The Morgan fingerprint density at radius 1 is 1.27 bits per heavy atom. The van der Waals surface area contributed by atoms with Gasteiger partial charge in [-0.15, -0.1) is 10.2 Å². The van der Waals surface area contributed by atoms with Gasteiger partial charge in [-0.3, -0.25) is 0 Å². The van der Waals surface area contributed by atoms with Crippen molar-refractivity contribution in [3.63, 3.8) is 0 Å². The number of rotatable bonds is 4. The first kappa shape index (κ1) is 13.9. The maximum atomic E-state index is 5.65. The van der Waals surface area contributed by atoms with E-state index in [9.17, 15) is 0 Å². The Balaban J connectivity index is 1.53. The van der Waals surface area contributed by atoms with E-state index >= 15 is 0 Å². The van der Waals surface area contributed by atoms with E-state index in [0.717, 1.165) is 53.2 Å². The van der Waals surface area contributed by atoms with Crippen LogP contribution in [-0.2, 0) is 11.8 Å². The lowest BCUT2D eigenvalue weighted by Crippen LogP contribution is -2.08. The summed E-state index contributed by atoms with van der Waals surface area (Å²) >= 11 is 1.69. The summed E-state index contributed by atoms with van der Waals surface area (Å²) in [6.07, 6.45) is 2.64. The Hall–Kier alpha value is -1.73. The molecule has 1 saturated heterocycles. The molecule has 2 aromatic rings. The van der Waals surface area contributed by atoms with Crippen LogP contribution >= 0.6 is 11.8 Å². The molecule has 0 radical (unpaired) electrons. The summed E-state index contributed by atoms with van der Waals surface area (Å²) in [5.41, 5.74) is 0.975. The molecule has 3 heterocycles. The van der Waals surface area contributed by atoms with Gasteiger partial charge in [-0.05, 0) is 31.0 Å². The molecule has 6 nitrogen and oxygen atoms in total. The van der Waals surface area contributed by atoms with Crippen LogP contribution in [0, 0.1) is 0 Å². The highest BCUT2D eigenvalue weighted by atomic mass is 32.2. The minimum Gasteiger partial charge on any atom is -0.454 e. The Labute approximate surface area is 132 Å². The number of fused-ring (bicyclic) bond motifs is 1. The average Bonchev–Trinajstić information content (AvgIpc) is 3.25. The van der Waals surface area contributed by atoms with Crippen LogP contribution in [-0.4, -0.2) is 40.0 Å². The summed E-state index contributed by atoms with van der Waals surface area (Å²) in [4.78, 5) is 0. The van der Waals surface area contributed by atoms with Crippen molar-refractivity contribution in [2.45, 2.75) is 24.1 Å². The summed E-state index contributed by atoms with van der Waals surface area (Å²) in [6.45, 7) is 1.16. The van der Waals surface area contributed by atoms with E-state index in [0.29, 0.717) is 6.10 Å². The monoisotopic (exact) mass is 319 g/mol. The van der Waals surface area contributed by atoms with Crippen LogP contribution < -0.4 is 9.47 Å². The number of hydrogen-bond donors (Lipinski definition) is 0. The molecule has 2 aliphatic heterocycles. The number of benzene rings is 1. The summed E-state index contributed by atoms with van der Waals surface area (Å²) in [5.74, 6) is 3.29. The van der Waals surface area contributed by atoms with Crippen LogP contribution in [0.1, 0.15) is 12.8 Å². The summed E-state index contributed by atoms with van der Waals surface area (Å²) in [6, 6.07) is 5.83. The zero-order chi connectivity index (χ0) is 14.9. The van der Waals surface area contributed by atoms with E-state index in [2.05, 4.69) is 10.2 Å². The van der Waals surface area contributed by atoms with Crippen molar-refractivity contribution in [3.8, 4) is 22.9 Å². The fraction of sp³-hybridized carbons (Fsp3) is 0.467. The normalized spacial score (nSPS) is 19.8. The topological polar surface area (TPSA) is 58.4 Å². The zero-order valence-corrected chi connectivity index (χ0v) is 13.1. The van der Waals surface area contributed by atoms with Crippen molar-refractivity contribution < 1.29 is 14.2 Å². The minimum atomic E-state index is 0.278. The van der Waals surface area contributed by atoms with Crippen LogP contribution in [0.25, 0.3) is 11.4 Å². The van der Waals surface area contributed by atoms with Gasteiger partial charge in [-0.2, -0.15) is 0 Å². The highest BCUT2D eigenvalue weighted by Crippen LogP contribution is 2.36. The SMILES string of the molecule is Cn1c(SCC2CCCO2)nnc1-c1ccc2c(c1)OCO2. The highest BCUT2D eigenvalue weighted by Gasteiger charge is 2.20. The van der Waals surface area contributed by atoms with E-state index < -0.39 is 0 Å². The molecule has 1 aromatic carbocycles. The molecule has 4 rings (SSSR count). The largest absolute Gasteiger partial charge is 0.454 e. The predicted molar refractivity (Wildman–Crippen MR) is 82.3 cm³/mol. The van der Waals surface area contributed by atoms with Crippen molar-refractivity contribution >= 4 is 11.8 Å². The number of hydrogen-bond acceptors (Lipinski definition) is 6. The Morgan fingerprint density at radius 2 is 2.18 bits per heavy atom. The van der Waals surface area contributed by atoms with Gasteiger partial charge in [0.15, 0.2) is 22.5 Å². The van der Waals surface area contributed by atoms with Crippen LogP contribution in [0.4, 0.5) is 0 Å². The lowest BCUT2D eigenvalue weighted by molar-refractivity contribution is 0.129. The van der Waals surface area contributed by atoms with Gasteiger partial charge < -0.3 is 18.8 Å². The fourth-order valence-electron chi connectivity index (χ4n) is 2.67. The fourth-order valence-corrected chi connectivity index (χ4v) is 3.65. The Bertz CT molecular complexity index is 683. The molecule has 1 atom stereocenters. The van der Waals surface area contributed by atoms with Gasteiger partial charge in [-0.25, -0.2) is 0 Å². The van der Waals surface area contributed by atoms with Gasteiger partial charge in [0, 0.05) is 25.0 Å². The van der Waals surface area contributed by atoms with Gasteiger partial charge in [0.05, 0.1) is 6.10 Å². The first-order valence-corrected chi connectivity index (χ1v) is 8.33. The molecule has 0 saturated carbocycles. The second kappa shape index (κ2) is 5.81. The Morgan fingerprint density at radius 3 is 3.05 bits per heavy atom. The number of ether oxygens (including phenoxy) is 3. The second-order valence-corrected chi connectivity index (χ2v) is 6.37. The molecule has 0 bridgehead atoms. The standard InChI is InChI=1S/C15H17N3O3S/c1-18-14(10-4-5-12-13(7-10)21-9-20-12)16-17-15(18)22-8-11-3-2-6-19-11/h4-5,7,11H,2-3,6,8-9H2,1H3. The summed E-state index contributed by atoms with van der Waals surface area (Å²) < 4.78 is 18.4. The third kappa shape index (κ3) is 2.55. The predicted octanol–water partition coefficient (Wildman–Crippen LogP) is 2.48. The number of thioether (sulfide) groups is 1. The van der Waals surface area contributed by atoms with Gasteiger partial charge in [0.2, 0.25) is 6.79 Å². The van der Waals surface area contributed by atoms with Gasteiger partial charge in [0.25, 0.3) is 0 Å². The van der Waals surface area contributed by atoms with Crippen molar-refractivity contribution in [1.29, 1.82) is 0 Å². The second-order valence-electron chi connectivity index (χ2n) is 5.38. The Kier molecular flexibility index (Phi) is 3.67. The van der Waals surface area contributed by atoms with Gasteiger partial charge in [-0.1, -0.05) is 11.8 Å². The van der Waals surface area contributed by atoms with E-state index in [-0.39, 0.29) is 6.79 Å². The molecule has 1 fully saturated rings. The molecule has 0 N–H and O–H groups in total. The maximum Gasteiger partial charge on any atom is 0.231 e. The van der Waals surface area contributed by atoms with E-state index in [4.69, 9.17) is 14.2 Å². The molecular formula is C15H17N3O3S. The number of nitrogens with zero attached hydrogens (tertiary/aromatic N) is 3. The first-order valence-electron chi connectivity index (χ1n) is 7.35. The quantitative estimate of drug-likeness (QED) is 0.807. The third-order valence-corrected chi connectivity index (χ3v) is 5.04. The van der Waals surface area contributed by atoms with Gasteiger partial charge >= 0.3 is 0 Å². The van der Waals surface area contributed by atoms with Crippen LogP contribution in [0.15, 0.2) is 23.4 Å². The van der Waals surface area contributed by atoms with E-state index in [1.165, 1.54) is 0 Å². The zero-order valence-electron chi connectivity index (χ0n) is 12.3. The molecule has 1 aromatic heterocycles. The molecule has 0 amide bonds. The van der Waals surface area contributed by atoms with E-state index in [1.54, 1.807) is 11.8 Å².